The Morgan fingerprint density at radius 3 is 2.39 bits per heavy atom. The molecule has 0 amide bonds. The van der Waals surface area contributed by atoms with Crippen molar-refractivity contribution in [3.05, 3.63) is 30.1 Å². The molecule has 0 aromatic heterocycles. The van der Waals surface area contributed by atoms with E-state index in [-0.39, 0.29) is 17.9 Å². The molecule has 18 heavy (non-hydrogen) atoms. The van der Waals surface area contributed by atoms with Crippen molar-refractivity contribution in [2.75, 3.05) is 18.0 Å². The zero-order chi connectivity index (χ0) is 13.5. The van der Waals surface area contributed by atoms with E-state index < -0.39 is 0 Å². The Bertz CT molecular complexity index is 394. The van der Waals surface area contributed by atoms with Crippen molar-refractivity contribution in [1.29, 1.82) is 5.26 Å². The number of benzene rings is 1. The first kappa shape index (κ1) is 14.5. The van der Waals surface area contributed by atoms with Crippen LogP contribution < -0.4 is 10.2 Å². The molecule has 0 aliphatic heterocycles. The number of rotatable bonds is 6. The van der Waals surface area contributed by atoms with Gasteiger partial charge < -0.3 is 4.90 Å². The van der Waals surface area contributed by atoms with Crippen LogP contribution in [0.15, 0.2) is 24.3 Å². The van der Waals surface area contributed by atoms with Gasteiger partial charge in [0.1, 0.15) is 11.9 Å². The molecule has 98 valence electrons. The van der Waals surface area contributed by atoms with Crippen LogP contribution >= 0.6 is 0 Å². The molecule has 0 saturated carbocycles. The highest BCUT2D eigenvalue weighted by atomic mass is 19.1. The van der Waals surface area contributed by atoms with Gasteiger partial charge in [-0.05, 0) is 45.0 Å². The molecule has 0 heterocycles. The largest absolute Gasteiger partial charge is 0.369 e. The van der Waals surface area contributed by atoms with E-state index in [4.69, 9.17) is 5.26 Å². The lowest BCUT2D eigenvalue weighted by Crippen LogP contribution is -2.43. The van der Waals surface area contributed by atoms with Crippen LogP contribution in [0.25, 0.3) is 0 Å². The van der Waals surface area contributed by atoms with Crippen molar-refractivity contribution in [3.63, 3.8) is 0 Å². The van der Waals surface area contributed by atoms with Gasteiger partial charge in [0, 0.05) is 24.8 Å². The molecule has 0 bridgehead atoms. The maximum absolute atomic E-state index is 12.9. The minimum absolute atomic E-state index is 0.227. The van der Waals surface area contributed by atoms with Crippen molar-refractivity contribution >= 4 is 5.69 Å². The van der Waals surface area contributed by atoms with E-state index in [0.717, 1.165) is 12.2 Å². The minimum atomic E-state index is -0.244. The SMILES string of the molecule is CCN(CC(C#N)NC(C)C)c1ccc(F)cc1. The maximum atomic E-state index is 12.9. The number of hydrogen-bond acceptors (Lipinski definition) is 3. The minimum Gasteiger partial charge on any atom is -0.369 e. The summed E-state index contributed by atoms with van der Waals surface area (Å²) in [6.07, 6.45) is 0. The third-order valence-electron chi connectivity index (χ3n) is 2.67. The predicted octanol–water partition coefficient (Wildman–Crippen LogP) is 2.54. The molecule has 0 saturated heterocycles. The summed E-state index contributed by atoms with van der Waals surface area (Å²) in [5.41, 5.74) is 0.935. The third kappa shape index (κ3) is 4.34. The van der Waals surface area contributed by atoms with E-state index >= 15 is 0 Å². The van der Waals surface area contributed by atoms with Gasteiger partial charge in [-0.2, -0.15) is 5.26 Å². The second-order valence-corrected chi connectivity index (χ2v) is 4.52. The molecule has 1 aromatic carbocycles. The lowest BCUT2D eigenvalue weighted by atomic mass is 10.2. The summed E-state index contributed by atoms with van der Waals surface area (Å²) < 4.78 is 12.9. The molecule has 0 fully saturated rings. The Balaban J connectivity index is 2.72. The maximum Gasteiger partial charge on any atom is 0.123 e. The fourth-order valence-corrected chi connectivity index (χ4v) is 1.82. The molecule has 1 atom stereocenters. The number of nitriles is 1. The van der Waals surface area contributed by atoms with E-state index in [9.17, 15) is 4.39 Å². The zero-order valence-corrected chi connectivity index (χ0v) is 11.2. The quantitative estimate of drug-likeness (QED) is 0.842. The van der Waals surface area contributed by atoms with Crippen LogP contribution in [0.5, 0.6) is 0 Å². The monoisotopic (exact) mass is 249 g/mol. The number of nitrogens with zero attached hydrogens (tertiary/aromatic N) is 2. The number of anilines is 1. The van der Waals surface area contributed by atoms with Crippen LogP contribution in [0.4, 0.5) is 10.1 Å². The van der Waals surface area contributed by atoms with Gasteiger partial charge in [0.2, 0.25) is 0 Å². The van der Waals surface area contributed by atoms with Gasteiger partial charge >= 0.3 is 0 Å². The van der Waals surface area contributed by atoms with Crippen LogP contribution in [-0.4, -0.2) is 25.2 Å². The Morgan fingerprint density at radius 1 is 1.33 bits per heavy atom. The molecule has 4 heteroatoms. The molecule has 1 aromatic rings. The van der Waals surface area contributed by atoms with Gasteiger partial charge in [-0.3, -0.25) is 5.32 Å². The zero-order valence-electron chi connectivity index (χ0n) is 11.2. The first-order chi connectivity index (χ1) is 8.56. The highest BCUT2D eigenvalue weighted by Crippen LogP contribution is 2.14. The molecule has 0 spiro atoms. The predicted molar refractivity (Wildman–Crippen MR) is 72.0 cm³/mol. The van der Waals surface area contributed by atoms with Gasteiger partial charge in [0.15, 0.2) is 0 Å². The summed E-state index contributed by atoms with van der Waals surface area (Å²) in [4.78, 5) is 2.06. The fraction of sp³-hybridized carbons (Fsp3) is 0.500. The number of halogens is 1. The van der Waals surface area contributed by atoms with Crippen LogP contribution in [0.3, 0.4) is 0 Å². The van der Waals surface area contributed by atoms with Crippen molar-refractivity contribution < 1.29 is 4.39 Å². The highest BCUT2D eigenvalue weighted by molar-refractivity contribution is 5.46. The Hall–Kier alpha value is -1.60. The number of hydrogen-bond donors (Lipinski definition) is 1. The smallest absolute Gasteiger partial charge is 0.123 e. The van der Waals surface area contributed by atoms with Gasteiger partial charge in [-0.1, -0.05) is 0 Å². The third-order valence-corrected chi connectivity index (χ3v) is 2.67. The molecule has 1 unspecified atom stereocenters. The number of likely N-dealkylation sites (N-methyl/N-ethyl adjacent to an activating group) is 1. The van der Waals surface area contributed by atoms with E-state index in [1.54, 1.807) is 12.1 Å². The molecule has 0 radical (unpaired) electrons. The highest BCUT2D eigenvalue weighted by Gasteiger charge is 2.13. The second kappa shape index (κ2) is 6.97. The fourth-order valence-electron chi connectivity index (χ4n) is 1.82. The molecule has 1 rings (SSSR count). The summed E-state index contributed by atoms with van der Waals surface area (Å²) in [5.74, 6) is -0.244. The van der Waals surface area contributed by atoms with Crippen LogP contribution in [0.2, 0.25) is 0 Å². The van der Waals surface area contributed by atoms with Gasteiger partial charge in [-0.15, -0.1) is 0 Å². The number of nitrogens with one attached hydrogen (secondary N) is 1. The van der Waals surface area contributed by atoms with E-state index in [0.29, 0.717) is 6.54 Å². The molecule has 3 nitrogen and oxygen atoms in total. The molecule has 1 N–H and O–H groups in total. The molecule has 0 aliphatic rings. The summed E-state index contributed by atoms with van der Waals surface area (Å²) in [6, 6.07) is 8.65. The van der Waals surface area contributed by atoms with E-state index in [1.165, 1.54) is 12.1 Å². The summed E-state index contributed by atoms with van der Waals surface area (Å²) in [7, 11) is 0. The lowest BCUT2D eigenvalue weighted by Gasteiger charge is -2.26. The average Bonchev–Trinajstić information content (AvgIpc) is 2.35. The Labute approximate surface area is 108 Å². The first-order valence-electron chi connectivity index (χ1n) is 6.23. The Kier molecular flexibility index (Phi) is 5.60. The standard InChI is InChI=1S/C14H20FN3/c1-4-18(10-13(9-16)17-11(2)3)14-7-5-12(15)6-8-14/h5-8,11,13,17H,4,10H2,1-3H3. The average molecular weight is 249 g/mol. The van der Waals surface area contributed by atoms with Crippen molar-refractivity contribution in [2.45, 2.75) is 32.9 Å². The summed E-state index contributed by atoms with van der Waals surface area (Å²) in [6.45, 7) is 7.42. The first-order valence-corrected chi connectivity index (χ1v) is 6.23. The van der Waals surface area contributed by atoms with Gasteiger partial charge in [0.25, 0.3) is 0 Å². The van der Waals surface area contributed by atoms with Gasteiger partial charge in [-0.25, -0.2) is 4.39 Å². The topological polar surface area (TPSA) is 39.1 Å². The van der Waals surface area contributed by atoms with Crippen LogP contribution in [0, 0.1) is 17.1 Å². The second-order valence-electron chi connectivity index (χ2n) is 4.52. The van der Waals surface area contributed by atoms with E-state index in [2.05, 4.69) is 16.3 Å². The lowest BCUT2D eigenvalue weighted by molar-refractivity contribution is 0.523. The van der Waals surface area contributed by atoms with Crippen molar-refractivity contribution in [3.8, 4) is 6.07 Å². The van der Waals surface area contributed by atoms with Gasteiger partial charge in [0.05, 0.1) is 6.07 Å². The molecular weight excluding hydrogens is 229 g/mol. The summed E-state index contributed by atoms with van der Waals surface area (Å²) in [5, 5.41) is 12.3. The Morgan fingerprint density at radius 2 is 1.94 bits per heavy atom. The van der Waals surface area contributed by atoms with Crippen molar-refractivity contribution in [2.24, 2.45) is 0 Å². The van der Waals surface area contributed by atoms with E-state index in [1.807, 2.05) is 20.8 Å². The summed E-state index contributed by atoms with van der Waals surface area (Å²) >= 11 is 0. The normalized spacial score (nSPS) is 12.2. The van der Waals surface area contributed by atoms with Crippen LogP contribution in [-0.2, 0) is 0 Å². The van der Waals surface area contributed by atoms with Crippen LogP contribution in [0.1, 0.15) is 20.8 Å². The molecule has 0 aliphatic carbocycles. The van der Waals surface area contributed by atoms with Crippen molar-refractivity contribution in [1.82, 2.24) is 5.32 Å². The molecular formula is C14H20FN3.